The van der Waals surface area contributed by atoms with Crippen LogP contribution in [-0.2, 0) is 15.7 Å². The summed E-state index contributed by atoms with van der Waals surface area (Å²) in [7, 11) is 0. The molecule has 144 valence electrons. The summed E-state index contributed by atoms with van der Waals surface area (Å²) in [4.78, 5) is 19.8. The summed E-state index contributed by atoms with van der Waals surface area (Å²) in [5, 5.41) is 6.40. The van der Waals surface area contributed by atoms with Crippen LogP contribution in [0.1, 0.15) is 46.1 Å². The summed E-state index contributed by atoms with van der Waals surface area (Å²) < 4.78 is 45.0. The van der Waals surface area contributed by atoms with Crippen LogP contribution in [0.3, 0.4) is 0 Å². The first-order chi connectivity index (χ1) is 11.8. The van der Waals surface area contributed by atoms with Crippen molar-refractivity contribution in [1.82, 2.24) is 19.6 Å². The number of aryl methyl sites for hydroxylation is 1. The third kappa shape index (κ3) is 4.61. The Morgan fingerprint density at radius 2 is 1.85 bits per heavy atom. The first-order valence-electron chi connectivity index (χ1n) is 8.09. The number of aromatic nitrogens is 4. The van der Waals surface area contributed by atoms with Gasteiger partial charge in [0.1, 0.15) is 17.5 Å². The summed E-state index contributed by atoms with van der Waals surface area (Å²) in [6.07, 6.45) is -4.69. The Labute approximate surface area is 149 Å². The van der Waals surface area contributed by atoms with Crippen molar-refractivity contribution in [3.8, 4) is 0 Å². The number of carbonyl (C=O) groups is 1. The molecule has 0 saturated carbocycles. The molecule has 10 heteroatoms. The average molecular weight is 373 g/mol. The number of nitrogens with zero attached hydrogens (tertiary/aromatic N) is 4. The van der Waals surface area contributed by atoms with Gasteiger partial charge < -0.3 is 10.1 Å². The summed E-state index contributed by atoms with van der Waals surface area (Å²) >= 11 is 0. The Balaban J connectivity index is 2.44. The maximum Gasteiger partial charge on any atom is 0.453 e. The van der Waals surface area contributed by atoms with Crippen LogP contribution in [0.4, 0.5) is 19.0 Å². The minimum absolute atomic E-state index is 0.181. The Kier molecular flexibility index (Phi) is 5.16. The molecule has 26 heavy (non-hydrogen) atoms. The van der Waals surface area contributed by atoms with Crippen molar-refractivity contribution >= 4 is 17.6 Å². The van der Waals surface area contributed by atoms with Crippen LogP contribution in [0.25, 0.3) is 5.78 Å². The number of halogens is 3. The zero-order valence-corrected chi connectivity index (χ0v) is 15.5. The van der Waals surface area contributed by atoms with E-state index in [0.717, 1.165) is 4.52 Å². The number of alkyl halides is 3. The van der Waals surface area contributed by atoms with Crippen LogP contribution < -0.4 is 5.32 Å². The van der Waals surface area contributed by atoms with Crippen LogP contribution in [-0.4, -0.2) is 37.2 Å². The molecule has 0 saturated heterocycles. The van der Waals surface area contributed by atoms with Gasteiger partial charge >= 0.3 is 12.1 Å². The molecule has 2 aromatic heterocycles. The number of hydrogen-bond acceptors (Lipinski definition) is 6. The summed E-state index contributed by atoms with van der Waals surface area (Å²) in [6, 6.07) is 0.722. The zero-order valence-electron chi connectivity index (χ0n) is 15.5. The van der Waals surface area contributed by atoms with Gasteiger partial charge in [0, 0.05) is 11.8 Å². The normalized spacial score (nSPS) is 13.9. The fourth-order valence-corrected chi connectivity index (χ4v) is 2.23. The highest BCUT2D eigenvalue weighted by Crippen LogP contribution is 2.27. The molecular weight excluding hydrogens is 351 g/mol. The van der Waals surface area contributed by atoms with E-state index >= 15 is 0 Å². The lowest BCUT2D eigenvalue weighted by Crippen LogP contribution is -2.40. The van der Waals surface area contributed by atoms with Gasteiger partial charge in [-0.3, -0.25) is 0 Å². The van der Waals surface area contributed by atoms with Gasteiger partial charge in [-0.05, 0) is 33.6 Å². The smallest absolute Gasteiger partial charge is 0.453 e. The van der Waals surface area contributed by atoms with E-state index in [2.05, 4.69) is 20.4 Å². The first kappa shape index (κ1) is 19.9. The number of hydrogen-bond donors (Lipinski definition) is 1. The molecule has 0 aliphatic rings. The average Bonchev–Trinajstić information content (AvgIpc) is 2.85. The molecule has 1 atom stereocenters. The van der Waals surface area contributed by atoms with Crippen LogP contribution in [0, 0.1) is 12.8 Å². The lowest BCUT2D eigenvalue weighted by Gasteiger charge is -2.27. The summed E-state index contributed by atoms with van der Waals surface area (Å²) in [5.41, 5.74) is -0.251. The van der Waals surface area contributed by atoms with Gasteiger partial charge in [-0.25, -0.2) is 9.78 Å². The molecule has 0 aliphatic carbocycles. The second-order valence-corrected chi connectivity index (χ2v) is 7.33. The van der Waals surface area contributed by atoms with Crippen molar-refractivity contribution in [2.24, 2.45) is 5.92 Å². The number of esters is 1. The molecule has 0 bridgehead atoms. The molecule has 2 heterocycles. The van der Waals surface area contributed by atoms with Gasteiger partial charge in [0.15, 0.2) is 0 Å². The molecule has 0 fully saturated rings. The van der Waals surface area contributed by atoms with Gasteiger partial charge in [-0.15, -0.1) is 5.10 Å². The molecular formula is C16H22F3N5O2. The van der Waals surface area contributed by atoms with E-state index in [-0.39, 0.29) is 17.5 Å². The van der Waals surface area contributed by atoms with Crippen LogP contribution >= 0.6 is 0 Å². The maximum atomic E-state index is 12.9. The minimum Gasteiger partial charge on any atom is -0.458 e. The lowest BCUT2D eigenvalue weighted by atomic mass is 10.0. The van der Waals surface area contributed by atoms with Crippen LogP contribution in [0.2, 0.25) is 0 Å². The van der Waals surface area contributed by atoms with Crippen molar-refractivity contribution in [3.05, 3.63) is 17.6 Å². The standard InChI is InChI=1S/C16H22F3N5O2/c1-8(2)11(12(25)26-15(4,5)6)21-10-7-9(3)20-14-22-13(16(17,18)19)23-24(10)14/h7-8,11,21H,1-6H3/t11-/m1/s1. The highest BCUT2D eigenvalue weighted by Gasteiger charge is 2.37. The van der Waals surface area contributed by atoms with Gasteiger partial charge in [0.05, 0.1) is 0 Å². The van der Waals surface area contributed by atoms with Crippen molar-refractivity contribution in [2.45, 2.75) is 59.4 Å². The molecule has 0 spiro atoms. The minimum atomic E-state index is -4.69. The summed E-state index contributed by atoms with van der Waals surface area (Å²) in [6.45, 7) is 10.4. The topological polar surface area (TPSA) is 81.4 Å². The molecule has 2 aromatic rings. The second-order valence-electron chi connectivity index (χ2n) is 7.33. The zero-order chi connectivity index (χ0) is 19.9. The summed E-state index contributed by atoms with van der Waals surface area (Å²) in [5.74, 6) is -2.01. The van der Waals surface area contributed by atoms with Gasteiger partial charge in [0.25, 0.3) is 11.6 Å². The fourth-order valence-electron chi connectivity index (χ4n) is 2.23. The van der Waals surface area contributed by atoms with Crippen molar-refractivity contribution < 1.29 is 22.7 Å². The highest BCUT2D eigenvalue weighted by atomic mass is 19.4. The monoisotopic (exact) mass is 373 g/mol. The molecule has 0 aliphatic heterocycles. The van der Waals surface area contributed by atoms with Gasteiger partial charge in [-0.2, -0.15) is 22.7 Å². The first-order valence-corrected chi connectivity index (χ1v) is 8.09. The Morgan fingerprint density at radius 3 is 2.35 bits per heavy atom. The highest BCUT2D eigenvalue weighted by molar-refractivity contribution is 5.79. The van der Waals surface area contributed by atoms with E-state index < -0.39 is 29.6 Å². The third-order valence-corrected chi connectivity index (χ3v) is 3.32. The van der Waals surface area contributed by atoms with Crippen molar-refractivity contribution in [3.63, 3.8) is 0 Å². The second kappa shape index (κ2) is 6.73. The maximum absolute atomic E-state index is 12.9. The SMILES string of the molecule is Cc1cc(N[C@@H](C(=O)OC(C)(C)C)C(C)C)n2nc(C(F)(F)F)nc2n1. The number of anilines is 1. The van der Waals surface area contributed by atoms with E-state index in [0.29, 0.717) is 5.69 Å². The van der Waals surface area contributed by atoms with E-state index in [9.17, 15) is 18.0 Å². The van der Waals surface area contributed by atoms with Crippen molar-refractivity contribution in [1.29, 1.82) is 0 Å². The Hall–Kier alpha value is -2.39. The van der Waals surface area contributed by atoms with E-state index in [1.54, 1.807) is 41.5 Å². The van der Waals surface area contributed by atoms with Crippen molar-refractivity contribution in [2.75, 3.05) is 5.32 Å². The largest absolute Gasteiger partial charge is 0.458 e. The molecule has 1 N–H and O–H groups in total. The number of fused-ring (bicyclic) bond motifs is 1. The fraction of sp³-hybridized carbons (Fsp3) is 0.625. The third-order valence-electron chi connectivity index (χ3n) is 3.32. The van der Waals surface area contributed by atoms with E-state index in [1.807, 2.05) is 0 Å². The molecule has 7 nitrogen and oxygen atoms in total. The number of rotatable bonds is 4. The predicted molar refractivity (Wildman–Crippen MR) is 88.6 cm³/mol. The van der Waals surface area contributed by atoms with Crippen LogP contribution in [0.15, 0.2) is 6.07 Å². The Morgan fingerprint density at radius 1 is 1.23 bits per heavy atom. The van der Waals surface area contributed by atoms with Crippen LogP contribution in [0.5, 0.6) is 0 Å². The quantitative estimate of drug-likeness (QED) is 0.829. The molecule has 0 aromatic carbocycles. The van der Waals surface area contributed by atoms with E-state index in [4.69, 9.17) is 4.74 Å². The molecule has 0 amide bonds. The molecule has 2 rings (SSSR count). The number of carbonyl (C=O) groups excluding carboxylic acids is 1. The molecule has 0 unspecified atom stereocenters. The Bertz CT molecular complexity index is 809. The van der Waals surface area contributed by atoms with E-state index in [1.165, 1.54) is 6.07 Å². The number of nitrogens with one attached hydrogen (secondary N) is 1. The number of ether oxygens (including phenoxy) is 1. The molecule has 0 radical (unpaired) electrons. The van der Waals surface area contributed by atoms with Gasteiger partial charge in [0.2, 0.25) is 0 Å². The lowest BCUT2D eigenvalue weighted by molar-refractivity contribution is -0.156. The van der Waals surface area contributed by atoms with Gasteiger partial charge in [-0.1, -0.05) is 13.8 Å². The predicted octanol–water partition coefficient (Wildman–Crippen LogP) is 3.23.